The Kier molecular flexibility index (Phi) is 5.08. The second-order valence-corrected chi connectivity index (χ2v) is 3.70. The lowest BCUT2D eigenvalue weighted by Gasteiger charge is -2.11. The highest BCUT2D eigenvalue weighted by atomic mass is 35.5. The maximum absolute atomic E-state index is 10.7. The van der Waals surface area contributed by atoms with Gasteiger partial charge in [-0.1, -0.05) is 11.6 Å². The van der Waals surface area contributed by atoms with E-state index in [4.69, 9.17) is 16.3 Å². The van der Waals surface area contributed by atoms with Gasteiger partial charge in [-0.2, -0.15) is 0 Å². The Hall–Kier alpha value is -1.44. The number of halogens is 1. The van der Waals surface area contributed by atoms with Gasteiger partial charge in [0.2, 0.25) is 5.82 Å². The van der Waals surface area contributed by atoms with Crippen molar-refractivity contribution in [2.45, 2.75) is 6.10 Å². The van der Waals surface area contributed by atoms with Crippen molar-refractivity contribution in [2.75, 3.05) is 25.6 Å². The normalized spacial score (nSPS) is 12.2. The summed E-state index contributed by atoms with van der Waals surface area (Å²) >= 11 is 5.61. The molecule has 0 aliphatic carbocycles. The van der Waals surface area contributed by atoms with Crippen LogP contribution in [0.15, 0.2) is 12.3 Å². The predicted octanol–water partition coefficient (Wildman–Crippen LogP) is 1.06. The summed E-state index contributed by atoms with van der Waals surface area (Å²) in [4.78, 5) is 13.9. The minimum absolute atomic E-state index is 0.0644. The third-order valence-electron chi connectivity index (χ3n) is 1.90. The molecule has 0 aromatic carbocycles. The lowest BCUT2D eigenvalue weighted by molar-refractivity contribution is -0.384. The number of ether oxygens (including phenoxy) is 1. The van der Waals surface area contributed by atoms with Gasteiger partial charge in [-0.05, 0) is 0 Å². The molecule has 1 aromatic heterocycles. The highest BCUT2D eigenvalue weighted by Gasteiger charge is 2.16. The number of nitro groups is 1. The average Bonchev–Trinajstić information content (AvgIpc) is 2.27. The van der Waals surface area contributed by atoms with Crippen LogP contribution in [-0.2, 0) is 4.74 Å². The summed E-state index contributed by atoms with van der Waals surface area (Å²) in [6, 6.07) is 1.19. The number of methoxy groups -OCH3 is 1. The first-order chi connectivity index (χ1) is 8.04. The molecule has 0 saturated heterocycles. The van der Waals surface area contributed by atoms with E-state index in [2.05, 4.69) is 10.3 Å². The van der Waals surface area contributed by atoms with Crippen LogP contribution in [0.2, 0.25) is 5.02 Å². The van der Waals surface area contributed by atoms with E-state index in [1.54, 1.807) is 0 Å². The Labute approximate surface area is 103 Å². The van der Waals surface area contributed by atoms with Crippen molar-refractivity contribution in [2.24, 2.45) is 0 Å². The van der Waals surface area contributed by atoms with Crippen LogP contribution in [0.1, 0.15) is 0 Å². The molecule has 0 spiro atoms. The van der Waals surface area contributed by atoms with Crippen molar-refractivity contribution in [3.05, 3.63) is 27.4 Å². The molecular formula is C9H12ClN3O4. The van der Waals surface area contributed by atoms with Crippen LogP contribution >= 0.6 is 11.6 Å². The number of aliphatic hydroxyl groups is 1. The first-order valence-corrected chi connectivity index (χ1v) is 5.13. The average molecular weight is 262 g/mol. The summed E-state index contributed by atoms with van der Waals surface area (Å²) in [7, 11) is 1.45. The summed E-state index contributed by atoms with van der Waals surface area (Å²) in [5.41, 5.74) is -0.234. The summed E-state index contributed by atoms with van der Waals surface area (Å²) in [6.45, 7) is 0.234. The molecule has 2 N–H and O–H groups in total. The van der Waals surface area contributed by atoms with Gasteiger partial charge in [0, 0.05) is 25.9 Å². The number of anilines is 1. The smallest absolute Gasteiger partial charge is 0.312 e. The molecule has 1 aromatic rings. The van der Waals surface area contributed by atoms with Gasteiger partial charge in [-0.25, -0.2) is 4.98 Å². The molecular weight excluding hydrogens is 250 g/mol. The van der Waals surface area contributed by atoms with Gasteiger partial charge >= 0.3 is 5.69 Å². The van der Waals surface area contributed by atoms with Crippen LogP contribution in [0.25, 0.3) is 0 Å². The minimum Gasteiger partial charge on any atom is -0.389 e. The molecule has 1 heterocycles. The van der Waals surface area contributed by atoms with Crippen molar-refractivity contribution >= 4 is 23.1 Å². The number of hydrogen-bond acceptors (Lipinski definition) is 6. The monoisotopic (exact) mass is 261 g/mol. The SMILES string of the molecule is COC[C@H](O)CNc1ncc(Cl)cc1[N+](=O)[O-]. The number of nitrogens with zero attached hydrogens (tertiary/aromatic N) is 2. The minimum atomic E-state index is -0.767. The van der Waals surface area contributed by atoms with Gasteiger partial charge < -0.3 is 15.2 Å². The molecule has 0 aliphatic heterocycles. The number of rotatable bonds is 6. The van der Waals surface area contributed by atoms with Crippen LogP contribution in [0.4, 0.5) is 11.5 Å². The van der Waals surface area contributed by atoms with Crippen LogP contribution in [0, 0.1) is 10.1 Å². The van der Waals surface area contributed by atoms with Gasteiger partial charge in [-0.3, -0.25) is 10.1 Å². The topological polar surface area (TPSA) is 97.5 Å². The maximum Gasteiger partial charge on any atom is 0.312 e. The van der Waals surface area contributed by atoms with Crippen LogP contribution in [0.3, 0.4) is 0 Å². The largest absolute Gasteiger partial charge is 0.389 e. The predicted molar refractivity (Wildman–Crippen MR) is 62.3 cm³/mol. The van der Waals surface area contributed by atoms with Gasteiger partial charge in [0.25, 0.3) is 0 Å². The number of pyridine rings is 1. The van der Waals surface area contributed by atoms with Gasteiger partial charge in [-0.15, -0.1) is 0 Å². The summed E-state index contributed by atoms with van der Waals surface area (Å²) in [5, 5.41) is 23.0. The molecule has 7 nitrogen and oxygen atoms in total. The molecule has 0 fully saturated rings. The van der Waals surface area contributed by atoms with E-state index in [-0.39, 0.29) is 29.7 Å². The molecule has 8 heteroatoms. The van der Waals surface area contributed by atoms with E-state index in [1.807, 2.05) is 0 Å². The van der Waals surface area contributed by atoms with Crippen molar-refractivity contribution in [1.82, 2.24) is 4.98 Å². The van der Waals surface area contributed by atoms with E-state index in [1.165, 1.54) is 19.4 Å². The Bertz CT molecular complexity index is 402. The van der Waals surface area contributed by atoms with Gasteiger partial charge in [0.15, 0.2) is 0 Å². The summed E-state index contributed by atoms with van der Waals surface area (Å²) in [6.07, 6.45) is 0.525. The Morgan fingerprint density at radius 3 is 3.06 bits per heavy atom. The van der Waals surface area contributed by atoms with E-state index < -0.39 is 11.0 Å². The standard InChI is InChI=1S/C9H12ClN3O4/c1-17-5-7(14)4-12-9-8(13(15)16)2-6(10)3-11-9/h2-3,7,14H,4-5H2,1H3,(H,11,12)/t7-/m1/s1. The first kappa shape index (κ1) is 13.6. The molecule has 0 radical (unpaired) electrons. The van der Waals surface area contributed by atoms with E-state index in [0.717, 1.165) is 0 Å². The molecule has 0 saturated carbocycles. The van der Waals surface area contributed by atoms with Crippen LogP contribution < -0.4 is 5.32 Å². The van der Waals surface area contributed by atoms with Gasteiger partial charge in [0.1, 0.15) is 0 Å². The second kappa shape index (κ2) is 6.33. The quantitative estimate of drug-likeness (QED) is 0.587. The van der Waals surface area contributed by atoms with E-state index in [9.17, 15) is 15.2 Å². The second-order valence-electron chi connectivity index (χ2n) is 3.27. The summed E-state index contributed by atoms with van der Waals surface area (Å²) < 4.78 is 4.72. The highest BCUT2D eigenvalue weighted by Crippen LogP contribution is 2.24. The Morgan fingerprint density at radius 2 is 2.47 bits per heavy atom. The zero-order chi connectivity index (χ0) is 12.8. The van der Waals surface area contributed by atoms with Gasteiger partial charge in [0.05, 0.1) is 22.7 Å². The number of hydrogen-bond donors (Lipinski definition) is 2. The zero-order valence-corrected chi connectivity index (χ0v) is 9.85. The summed E-state index contributed by atoms with van der Waals surface area (Å²) in [5.74, 6) is 0.0644. The molecule has 0 bridgehead atoms. The third kappa shape index (κ3) is 4.14. The maximum atomic E-state index is 10.7. The van der Waals surface area contributed by atoms with E-state index >= 15 is 0 Å². The van der Waals surface area contributed by atoms with Crippen LogP contribution in [-0.4, -0.2) is 41.4 Å². The fourth-order valence-corrected chi connectivity index (χ4v) is 1.32. The highest BCUT2D eigenvalue weighted by molar-refractivity contribution is 6.30. The van der Waals surface area contributed by atoms with Crippen LogP contribution in [0.5, 0.6) is 0 Å². The Morgan fingerprint density at radius 1 is 1.76 bits per heavy atom. The zero-order valence-electron chi connectivity index (χ0n) is 9.09. The first-order valence-electron chi connectivity index (χ1n) is 4.75. The number of aromatic nitrogens is 1. The van der Waals surface area contributed by atoms with E-state index in [0.29, 0.717) is 0 Å². The van der Waals surface area contributed by atoms with Crippen molar-refractivity contribution < 1.29 is 14.8 Å². The number of nitrogens with one attached hydrogen (secondary N) is 1. The van der Waals surface area contributed by atoms with Crippen molar-refractivity contribution in [3.63, 3.8) is 0 Å². The lowest BCUT2D eigenvalue weighted by Crippen LogP contribution is -2.24. The molecule has 1 atom stereocenters. The molecule has 1 rings (SSSR count). The molecule has 17 heavy (non-hydrogen) atoms. The molecule has 0 unspecified atom stereocenters. The fourth-order valence-electron chi connectivity index (χ4n) is 1.17. The van der Waals surface area contributed by atoms with Crippen molar-refractivity contribution in [3.8, 4) is 0 Å². The Balaban J connectivity index is 2.73. The van der Waals surface area contributed by atoms with Crippen molar-refractivity contribution in [1.29, 1.82) is 0 Å². The third-order valence-corrected chi connectivity index (χ3v) is 2.10. The number of aliphatic hydroxyl groups excluding tert-OH is 1. The molecule has 94 valence electrons. The fraction of sp³-hybridized carbons (Fsp3) is 0.444. The lowest BCUT2D eigenvalue weighted by atomic mass is 10.3. The molecule has 0 aliphatic rings. The molecule has 0 amide bonds.